The van der Waals surface area contributed by atoms with E-state index in [1.165, 1.54) is 16.7 Å². The van der Waals surface area contributed by atoms with Crippen molar-refractivity contribution in [2.75, 3.05) is 11.5 Å². The summed E-state index contributed by atoms with van der Waals surface area (Å²) in [5.74, 6) is 1.85. The number of nitrogens with zero attached hydrogens (tertiary/aromatic N) is 2. The molecule has 3 heterocycles. The monoisotopic (exact) mass is 464 g/mol. The molecule has 1 aliphatic heterocycles. The van der Waals surface area contributed by atoms with Crippen molar-refractivity contribution in [3.05, 3.63) is 71.3 Å². The number of anilines is 1. The number of rotatable bonds is 5. The molecule has 0 atom stereocenters. The van der Waals surface area contributed by atoms with E-state index in [0.29, 0.717) is 33.0 Å². The average Bonchev–Trinajstić information content (AvgIpc) is 3.47. The highest BCUT2D eigenvalue weighted by atomic mass is 32.2. The standard InChI is InChI=1S/C23H16N2O3S3/c1-2-27-15-9-7-14(8-10-15)25-22(26)20(31-23(25)29)13-16-11-12-18(28-16)21-24-17-5-3-4-6-19(17)30-21/h3-13H,2H2,1H3. The molecule has 1 fully saturated rings. The fourth-order valence-electron chi connectivity index (χ4n) is 3.20. The average molecular weight is 465 g/mol. The summed E-state index contributed by atoms with van der Waals surface area (Å²) in [4.78, 5) is 19.7. The van der Waals surface area contributed by atoms with Crippen LogP contribution in [0.4, 0.5) is 5.69 Å². The molecule has 2 aromatic heterocycles. The largest absolute Gasteiger partial charge is 0.494 e. The third-order valence-electron chi connectivity index (χ3n) is 4.60. The number of para-hydroxylation sites is 1. The third kappa shape index (κ3) is 3.89. The molecule has 0 aliphatic carbocycles. The predicted molar refractivity (Wildman–Crippen MR) is 131 cm³/mol. The molecule has 154 valence electrons. The van der Waals surface area contributed by atoms with E-state index in [2.05, 4.69) is 4.98 Å². The van der Waals surface area contributed by atoms with E-state index in [-0.39, 0.29) is 5.91 Å². The summed E-state index contributed by atoms with van der Waals surface area (Å²) in [6.07, 6.45) is 1.73. The Kier molecular flexibility index (Phi) is 5.35. The number of carbonyl (C=O) groups excluding carboxylic acids is 1. The van der Waals surface area contributed by atoms with Gasteiger partial charge in [0, 0.05) is 6.08 Å². The number of hydrogen-bond acceptors (Lipinski definition) is 7. The number of hydrogen-bond donors (Lipinski definition) is 0. The molecule has 5 nitrogen and oxygen atoms in total. The molecule has 0 bridgehead atoms. The Morgan fingerprint density at radius 1 is 1.13 bits per heavy atom. The second-order valence-electron chi connectivity index (χ2n) is 6.63. The molecular formula is C23H16N2O3S3. The lowest BCUT2D eigenvalue weighted by molar-refractivity contribution is -0.113. The van der Waals surface area contributed by atoms with Crippen LogP contribution in [0.1, 0.15) is 12.7 Å². The Morgan fingerprint density at radius 2 is 1.94 bits per heavy atom. The quantitative estimate of drug-likeness (QED) is 0.253. The highest BCUT2D eigenvalue weighted by Gasteiger charge is 2.33. The zero-order valence-electron chi connectivity index (χ0n) is 16.4. The second-order valence-corrected chi connectivity index (χ2v) is 9.34. The maximum Gasteiger partial charge on any atom is 0.270 e. The van der Waals surface area contributed by atoms with Crippen molar-refractivity contribution in [1.29, 1.82) is 0 Å². The van der Waals surface area contributed by atoms with Gasteiger partial charge in [-0.05, 0) is 55.5 Å². The molecule has 0 saturated carbocycles. The number of fused-ring (bicyclic) bond motifs is 1. The molecular weight excluding hydrogens is 448 g/mol. The fraction of sp³-hybridized carbons (Fsp3) is 0.0870. The molecule has 2 aromatic carbocycles. The van der Waals surface area contributed by atoms with Crippen LogP contribution in [-0.2, 0) is 4.79 Å². The van der Waals surface area contributed by atoms with Gasteiger partial charge >= 0.3 is 0 Å². The summed E-state index contributed by atoms with van der Waals surface area (Å²) in [5, 5.41) is 0.808. The van der Waals surface area contributed by atoms with Crippen LogP contribution >= 0.6 is 35.3 Å². The number of benzene rings is 2. The second kappa shape index (κ2) is 8.30. The van der Waals surface area contributed by atoms with E-state index >= 15 is 0 Å². The van der Waals surface area contributed by atoms with Gasteiger partial charge < -0.3 is 9.15 Å². The Labute approximate surface area is 192 Å². The topological polar surface area (TPSA) is 55.6 Å². The van der Waals surface area contributed by atoms with E-state index < -0.39 is 0 Å². The normalized spacial score (nSPS) is 15.4. The van der Waals surface area contributed by atoms with Gasteiger partial charge in [-0.2, -0.15) is 0 Å². The molecule has 0 N–H and O–H groups in total. The van der Waals surface area contributed by atoms with E-state index in [0.717, 1.165) is 21.0 Å². The fourth-order valence-corrected chi connectivity index (χ4v) is 5.41. The molecule has 5 rings (SSSR count). The van der Waals surface area contributed by atoms with Crippen LogP contribution in [0, 0.1) is 0 Å². The molecule has 1 amide bonds. The zero-order valence-corrected chi connectivity index (χ0v) is 18.9. The summed E-state index contributed by atoms with van der Waals surface area (Å²) in [7, 11) is 0. The van der Waals surface area contributed by atoms with Crippen molar-refractivity contribution in [1.82, 2.24) is 4.98 Å². The Hall–Kier alpha value is -2.94. The lowest BCUT2D eigenvalue weighted by Gasteiger charge is -2.15. The smallest absolute Gasteiger partial charge is 0.270 e. The summed E-state index contributed by atoms with van der Waals surface area (Å²) in [6, 6.07) is 19.0. The SMILES string of the molecule is CCOc1ccc(N2C(=O)C(=Cc3ccc(-c4nc5ccccc5s4)o3)SC2=S)cc1. The molecule has 31 heavy (non-hydrogen) atoms. The first-order valence-electron chi connectivity index (χ1n) is 9.59. The van der Waals surface area contributed by atoms with E-state index in [1.807, 2.05) is 67.6 Å². The van der Waals surface area contributed by atoms with Gasteiger partial charge in [0.05, 0.1) is 27.4 Å². The number of thioether (sulfide) groups is 1. The minimum Gasteiger partial charge on any atom is -0.494 e. The molecule has 0 unspecified atom stereocenters. The van der Waals surface area contributed by atoms with E-state index in [4.69, 9.17) is 21.4 Å². The highest BCUT2D eigenvalue weighted by Crippen LogP contribution is 2.37. The number of thiazole rings is 1. The minimum atomic E-state index is -0.169. The zero-order chi connectivity index (χ0) is 21.4. The number of aromatic nitrogens is 1. The Balaban J connectivity index is 1.39. The molecule has 0 spiro atoms. The van der Waals surface area contributed by atoms with Gasteiger partial charge in [0.2, 0.25) is 0 Å². The lowest BCUT2D eigenvalue weighted by Crippen LogP contribution is -2.27. The summed E-state index contributed by atoms with van der Waals surface area (Å²) in [6.45, 7) is 2.52. The van der Waals surface area contributed by atoms with Gasteiger partial charge in [-0.15, -0.1) is 11.3 Å². The number of furan rings is 1. The minimum absolute atomic E-state index is 0.169. The Bertz CT molecular complexity index is 1290. The van der Waals surface area contributed by atoms with Crippen LogP contribution in [0.15, 0.2) is 70.0 Å². The number of carbonyl (C=O) groups is 1. The Morgan fingerprint density at radius 3 is 2.71 bits per heavy atom. The highest BCUT2D eigenvalue weighted by molar-refractivity contribution is 8.27. The molecule has 1 aliphatic rings. The van der Waals surface area contributed by atoms with Crippen molar-refractivity contribution < 1.29 is 13.9 Å². The number of thiocarbonyl (C=S) groups is 1. The first kappa shape index (κ1) is 20.0. The summed E-state index contributed by atoms with van der Waals surface area (Å²) < 4.78 is 13.0. The van der Waals surface area contributed by atoms with Gasteiger partial charge in [0.25, 0.3) is 5.91 Å². The van der Waals surface area contributed by atoms with E-state index in [9.17, 15) is 4.79 Å². The van der Waals surface area contributed by atoms with E-state index in [1.54, 1.807) is 17.4 Å². The molecule has 1 saturated heterocycles. The van der Waals surface area contributed by atoms with Crippen LogP contribution in [0.25, 0.3) is 27.1 Å². The predicted octanol–water partition coefficient (Wildman–Crippen LogP) is 6.36. The maximum absolute atomic E-state index is 13.0. The summed E-state index contributed by atoms with van der Waals surface area (Å²) in [5.41, 5.74) is 1.65. The molecule has 4 aromatic rings. The van der Waals surface area contributed by atoms with Crippen LogP contribution in [-0.4, -0.2) is 21.8 Å². The van der Waals surface area contributed by atoms with Crippen molar-refractivity contribution in [3.63, 3.8) is 0 Å². The summed E-state index contributed by atoms with van der Waals surface area (Å²) >= 11 is 8.28. The van der Waals surface area contributed by atoms with Gasteiger partial charge in [-0.1, -0.05) is 36.1 Å². The lowest BCUT2D eigenvalue weighted by atomic mass is 10.2. The van der Waals surface area contributed by atoms with Crippen molar-refractivity contribution in [2.24, 2.45) is 0 Å². The van der Waals surface area contributed by atoms with Crippen LogP contribution in [0.5, 0.6) is 5.75 Å². The third-order valence-corrected chi connectivity index (χ3v) is 6.96. The van der Waals surface area contributed by atoms with Crippen molar-refractivity contribution in [3.8, 4) is 16.5 Å². The maximum atomic E-state index is 13.0. The van der Waals surface area contributed by atoms with Gasteiger partial charge in [0.15, 0.2) is 15.1 Å². The first-order chi connectivity index (χ1) is 15.1. The van der Waals surface area contributed by atoms with Crippen LogP contribution in [0.2, 0.25) is 0 Å². The van der Waals surface area contributed by atoms with Gasteiger partial charge in [-0.3, -0.25) is 9.69 Å². The van der Waals surface area contributed by atoms with Crippen LogP contribution in [0.3, 0.4) is 0 Å². The van der Waals surface area contributed by atoms with Crippen LogP contribution < -0.4 is 9.64 Å². The van der Waals surface area contributed by atoms with Gasteiger partial charge in [-0.25, -0.2) is 4.98 Å². The number of amides is 1. The first-order valence-corrected chi connectivity index (χ1v) is 11.6. The van der Waals surface area contributed by atoms with Crippen molar-refractivity contribution >= 4 is 67.5 Å². The molecule has 8 heteroatoms. The molecule has 0 radical (unpaired) electrons. The number of ether oxygens (including phenoxy) is 1. The van der Waals surface area contributed by atoms with Gasteiger partial charge in [0.1, 0.15) is 11.5 Å². The van der Waals surface area contributed by atoms with Crippen molar-refractivity contribution in [2.45, 2.75) is 6.92 Å².